The van der Waals surface area contributed by atoms with Gasteiger partial charge in [0, 0.05) is 6.54 Å². The quantitative estimate of drug-likeness (QED) is 0.854. The molecule has 0 radical (unpaired) electrons. The number of benzene rings is 1. The average molecular weight is 290 g/mol. The fraction of sp³-hybridized carbons (Fsp3) is 0.588. The molecule has 21 heavy (non-hydrogen) atoms. The van der Waals surface area contributed by atoms with Crippen molar-refractivity contribution in [1.29, 1.82) is 0 Å². The smallest absolute Gasteiger partial charge is 0.237 e. The van der Waals surface area contributed by atoms with E-state index in [1.54, 1.807) is 0 Å². The van der Waals surface area contributed by atoms with E-state index in [0.29, 0.717) is 6.54 Å². The first kappa shape index (κ1) is 14.5. The van der Waals surface area contributed by atoms with Crippen molar-refractivity contribution in [2.24, 2.45) is 0 Å². The van der Waals surface area contributed by atoms with Gasteiger partial charge in [-0.3, -0.25) is 9.69 Å². The molecular weight excluding hydrogens is 267 g/mol. The van der Waals surface area contributed by atoms with E-state index in [1.165, 1.54) is 25.0 Å². The van der Waals surface area contributed by atoms with E-state index in [9.17, 15) is 9.18 Å². The predicted molar refractivity (Wildman–Crippen MR) is 80.4 cm³/mol. The van der Waals surface area contributed by atoms with E-state index in [1.807, 2.05) is 17.0 Å². The Labute approximate surface area is 125 Å². The Morgan fingerprint density at radius 2 is 1.71 bits per heavy atom. The number of piperidine rings is 1. The standard InChI is InChI=1S/C17H23FN2O/c18-15-8-6-14(7-9-15)16-5-1-2-12-20(16)17(21)13-19-10-3-4-11-19/h6-9,16H,1-5,10-13H2/t16-/m0/s1. The highest BCUT2D eigenvalue weighted by atomic mass is 19.1. The Hall–Kier alpha value is -1.42. The van der Waals surface area contributed by atoms with Gasteiger partial charge in [-0.05, 0) is 62.9 Å². The van der Waals surface area contributed by atoms with Gasteiger partial charge in [0.25, 0.3) is 0 Å². The van der Waals surface area contributed by atoms with Gasteiger partial charge in [0.05, 0.1) is 12.6 Å². The maximum atomic E-state index is 13.1. The predicted octanol–water partition coefficient (Wildman–Crippen LogP) is 2.98. The summed E-state index contributed by atoms with van der Waals surface area (Å²) in [5, 5.41) is 0. The molecule has 1 aromatic rings. The van der Waals surface area contributed by atoms with Crippen LogP contribution in [0.25, 0.3) is 0 Å². The first-order chi connectivity index (χ1) is 10.2. The van der Waals surface area contributed by atoms with Gasteiger partial charge in [0.2, 0.25) is 5.91 Å². The Bertz CT molecular complexity index is 482. The fourth-order valence-electron chi connectivity index (χ4n) is 3.48. The topological polar surface area (TPSA) is 23.6 Å². The molecule has 2 aliphatic heterocycles. The van der Waals surface area contributed by atoms with Gasteiger partial charge in [-0.15, -0.1) is 0 Å². The zero-order valence-electron chi connectivity index (χ0n) is 12.4. The van der Waals surface area contributed by atoms with Crippen molar-refractivity contribution < 1.29 is 9.18 Å². The summed E-state index contributed by atoms with van der Waals surface area (Å²) in [6.45, 7) is 3.45. The third kappa shape index (κ3) is 3.43. The van der Waals surface area contributed by atoms with Gasteiger partial charge in [0.15, 0.2) is 0 Å². The molecule has 3 nitrogen and oxygen atoms in total. The van der Waals surface area contributed by atoms with Gasteiger partial charge < -0.3 is 4.90 Å². The van der Waals surface area contributed by atoms with Crippen LogP contribution in [0.4, 0.5) is 4.39 Å². The molecule has 0 aromatic heterocycles. The molecule has 1 amide bonds. The molecule has 2 fully saturated rings. The summed E-state index contributed by atoms with van der Waals surface area (Å²) in [7, 11) is 0. The number of amides is 1. The van der Waals surface area contributed by atoms with Gasteiger partial charge in [-0.2, -0.15) is 0 Å². The van der Waals surface area contributed by atoms with Crippen molar-refractivity contribution in [3.05, 3.63) is 35.6 Å². The minimum absolute atomic E-state index is 0.120. The van der Waals surface area contributed by atoms with Crippen LogP contribution in [0, 0.1) is 5.82 Å². The second kappa shape index (κ2) is 6.56. The van der Waals surface area contributed by atoms with Crippen molar-refractivity contribution in [2.75, 3.05) is 26.2 Å². The van der Waals surface area contributed by atoms with Crippen molar-refractivity contribution in [3.63, 3.8) is 0 Å². The molecule has 4 heteroatoms. The number of carbonyl (C=O) groups is 1. The number of carbonyl (C=O) groups excluding carboxylic acids is 1. The third-order valence-corrected chi connectivity index (χ3v) is 4.64. The van der Waals surface area contributed by atoms with E-state index in [0.717, 1.165) is 44.5 Å². The molecule has 2 saturated heterocycles. The first-order valence-electron chi connectivity index (χ1n) is 8.01. The molecule has 114 valence electrons. The van der Waals surface area contributed by atoms with Crippen LogP contribution >= 0.6 is 0 Å². The second-order valence-corrected chi connectivity index (χ2v) is 6.13. The highest BCUT2D eigenvalue weighted by Gasteiger charge is 2.29. The number of rotatable bonds is 3. The Morgan fingerprint density at radius 1 is 1.05 bits per heavy atom. The molecule has 3 rings (SSSR count). The lowest BCUT2D eigenvalue weighted by molar-refractivity contribution is -0.136. The largest absolute Gasteiger partial charge is 0.335 e. The molecule has 2 aliphatic rings. The third-order valence-electron chi connectivity index (χ3n) is 4.64. The molecule has 0 bridgehead atoms. The number of hydrogen-bond acceptors (Lipinski definition) is 2. The second-order valence-electron chi connectivity index (χ2n) is 6.13. The highest BCUT2D eigenvalue weighted by Crippen LogP contribution is 2.31. The van der Waals surface area contributed by atoms with E-state index in [2.05, 4.69) is 4.90 Å². The fourth-order valence-corrected chi connectivity index (χ4v) is 3.48. The molecule has 2 heterocycles. The normalized spacial score (nSPS) is 23.5. The molecule has 1 atom stereocenters. The SMILES string of the molecule is O=C(CN1CCCC1)N1CCCC[C@H]1c1ccc(F)cc1. The minimum Gasteiger partial charge on any atom is -0.335 e. The molecule has 0 aliphatic carbocycles. The average Bonchev–Trinajstić information content (AvgIpc) is 3.01. The first-order valence-corrected chi connectivity index (χ1v) is 8.01. The number of hydrogen-bond donors (Lipinski definition) is 0. The van der Waals surface area contributed by atoms with Crippen molar-refractivity contribution in [1.82, 2.24) is 9.80 Å². The summed E-state index contributed by atoms with van der Waals surface area (Å²) in [6, 6.07) is 6.75. The van der Waals surface area contributed by atoms with Crippen LogP contribution in [-0.4, -0.2) is 41.9 Å². The van der Waals surface area contributed by atoms with Gasteiger partial charge in [-0.25, -0.2) is 4.39 Å². The van der Waals surface area contributed by atoms with Crippen LogP contribution in [0.15, 0.2) is 24.3 Å². The lowest BCUT2D eigenvalue weighted by atomic mass is 9.95. The Balaban J connectivity index is 1.71. The Morgan fingerprint density at radius 3 is 2.43 bits per heavy atom. The molecular formula is C17H23FN2O. The van der Waals surface area contributed by atoms with Gasteiger partial charge in [0.1, 0.15) is 5.82 Å². The minimum atomic E-state index is -0.218. The monoisotopic (exact) mass is 290 g/mol. The lowest BCUT2D eigenvalue weighted by Gasteiger charge is -2.37. The van der Waals surface area contributed by atoms with Crippen LogP contribution in [0.2, 0.25) is 0 Å². The highest BCUT2D eigenvalue weighted by molar-refractivity contribution is 5.79. The zero-order valence-corrected chi connectivity index (χ0v) is 12.4. The van der Waals surface area contributed by atoms with Crippen LogP contribution in [-0.2, 0) is 4.79 Å². The lowest BCUT2D eigenvalue weighted by Crippen LogP contribution is -2.43. The van der Waals surface area contributed by atoms with Crippen LogP contribution in [0.3, 0.4) is 0 Å². The number of halogens is 1. The molecule has 0 unspecified atom stereocenters. The summed E-state index contributed by atoms with van der Waals surface area (Å²) in [5.41, 5.74) is 1.06. The molecule has 0 spiro atoms. The summed E-state index contributed by atoms with van der Waals surface area (Å²) in [6.07, 6.45) is 5.60. The van der Waals surface area contributed by atoms with Crippen molar-refractivity contribution in [2.45, 2.75) is 38.1 Å². The van der Waals surface area contributed by atoms with Crippen LogP contribution in [0.5, 0.6) is 0 Å². The molecule has 1 aromatic carbocycles. The number of nitrogens with zero attached hydrogens (tertiary/aromatic N) is 2. The van der Waals surface area contributed by atoms with Crippen LogP contribution in [0.1, 0.15) is 43.7 Å². The summed E-state index contributed by atoms with van der Waals surface area (Å²) in [4.78, 5) is 16.9. The zero-order chi connectivity index (χ0) is 14.7. The maximum Gasteiger partial charge on any atom is 0.237 e. The Kier molecular flexibility index (Phi) is 4.54. The molecule has 0 saturated carbocycles. The van der Waals surface area contributed by atoms with E-state index in [-0.39, 0.29) is 17.8 Å². The number of likely N-dealkylation sites (tertiary alicyclic amines) is 2. The summed E-state index contributed by atoms with van der Waals surface area (Å²) in [5.74, 6) is 0.00966. The molecule has 0 N–H and O–H groups in total. The van der Waals surface area contributed by atoms with E-state index < -0.39 is 0 Å². The van der Waals surface area contributed by atoms with Gasteiger partial charge >= 0.3 is 0 Å². The van der Waals surface area contributed by atoms with Crippen LogP contribution < -0.4 is 0 Å². The summed E-state index contributed by atoms with van der Waals surface area (Å²) >= 11 is 0. The van der Waals surface area contributed by atoms with Crippen molar-refractivity contribution in [3.8, 4) is 0 Å². The van der Waals surface area contributed by atoms with E-state index >= 15 is 0 Å². The maximum absolute atomic E-state index is 13.1. The summed E-state index contributed by atoms with van der Waals surface area (Å²) < 4.78 is 13.1. The van der Waals surface area contributed by atoms with E-state index in [4.69, 9.17) is 0 Å². The van der Waals surface area contributed by atoms with Crippen molar-refractivity contribution >= 4 is 5.91 Å². The van der Waals surface area contributed by atoms with Gasteiger partial charge in [-0.1, -0.05) is 12.1 Å².